The summed E-state index contributed by atoms with van der Waals surface area (Å²) in [5.41, 5.74) is 0.152. The first-order chi connectivity index (χ1) is 16.0. The van der Waals surface area contributed by atoms with Crippen LogP contribution in [0.3, 0.4) is 0 Å². The second-order valence-corrected chi connectivity index (χ2v) is 9.33. The second-order valence-electron chi connectivity index (χ2n) is 8.93. The first-order valence-corrected chi connectivity index (χ1v) is 11.1. The van der Waals surface area contributed by atoms with E-state index in [-0.39, 0.29) is 36.0 Å². The molecule has 2 fully saturated rings. The number of nitrogens with one attached hydrogen (secondary N) is 1. The Bertz CT molecular complexity index is 1150. The fourth-order valence-corrected chi connectivity index (χ4v) is 4.03. The second kappa shape index (κ2) is 8.94. The Morgan fingerprint density at radius 1 is 1.15 bits per heavy atom. The van der Waals surface area contributed by atoms with Crippen molar-refractivity contribution in [1.29, 1.82) is 0 Å². The van der Waals surface area contributed by atoms with Crippen molar-refractivity contribution in [2.24, 2.45) is 0 Å². The third-order valence-electron chi connectivity index (χ3n) is 5.32. The van der Waals surface area contributed by atoms with Gasteiger partial charge in [-0.25, -0.2) is 14.5 Å². The van der Waals surface area contributed by atoms with Crippen LogP contribution < -0.4 is 10.2 Å². The molecular formula is C23H24ClN5O5. The van der Waals surface area contributed by atoms with E-state index in [4.69, 9.17) is 16.3 Å². The van der Waals surface area contributed by atoms with Crippen LogP contribution in [0.1, 0.15) is 31.3 Å². The largest absolute Gasteiger partial charge is 0.444 e. The number of anilines is 2. The van der Waals surface area contributed by atoms with Crippen LogP contribution in [-0.4, -0.2) is 70.0 Å². The van der Waals surface area contributed by atoms with Gasteiger partial charge in [-0.2, -0.15) is 0 Å². The number of pyridine rings is 1. The molecule has 2 aliphatic heterocycles. The minimum Gasteiger partial charge on any atom is -0.444 e. The maximum atomic E-state index is 13.2. The minimum absolute atomic E-state index is 0.0336. The number of imide groups is 1. The summed E-state index contributed by atoms with van der Waals surface area (Å²) >= 11 is 6.40. The molecule has 1 aromatic carbocycles. The molecule has 2 aromatic rings. The molecule has 0 spiro atoms. The number of aromatic nitrogens is 1. The first kappa shape index (κ1) is 23.5. The van der Waals surface area contributed by atoms with E-state index < -0.39 is 35.6 Å². The molecule has 4 rings (SSSR count). The van der Waals surface area contributed by atoms with Gasteiger partial charge in [-0.3, -0.25) is 14.6 Å². The van der Waals surface area contributed by atoms with E-state index in [1.807, 2.05) is 0 Å². The molecule has 0 radical (unpaired) electrons. The Kier molecular flexibility index (Phi) is 6.18. The molecule has 0 saturated carbocycles. The lowest BCUT2D eigenvalue weighted by Gasteiger charge is -2.36. The lowest BCUT2D eigenvalue weighted by Crippen LogP contribution is -2.55. The summed E-state index contributed by atoms with van der Waals surface area (Å²) in [6.07, 6.45) is 0.978. The number of fused-ring (bicyclic) bond motifs is 1. The summed E-state index contributed by atoms with van der Waals surface area (Å²) in [5, 5.41) is 2.80. The molecule has 3 heterocycles. The van der Waals surface area contributed by atoms with Gasteiger partial charge in [0.15, 0.2) is 0 Å². The molecule has 10 nitrogen and oxygen atoms in total. The zero-order valence-electron chi connectivity index (χ0n) is 18.9. The zero-order valence-corrected chi connectivity index (χ0v) is 19.7. The van der Waals surface area contributed by atoms with Crippen LogP contribution in [0.2, 0.25) is 5.02 Å². The van der Waals surface area contributed by atoms with Crippen molar-refractivity contribution in [2.75, 3.05) is 29.9 Å². The number of benzene rings is 1. The van der Waals surface area contributed by atoms with Crippen LogP contribution in [0, 0.1) is 0 Å². The van der Waals surface area contributed by atoms with Crippen LogP contribution in [0.4, 0.5) is 21.0 Å². The predicted octanol–water partition coefficient (Wildman–Crippen LogP) is 3.38. The molecular weight excluding hydrogens is 462 g/mol. The van der Waals surface area contributed by atoms with Gasteiger partial charge in [-0.05, 0) is 51.1 Å². The number of hydrogen-bond donors (Lipinski definition) is 1. The van der Waals surface area contributed by atoms with Gasteiger partial charge in [-0.1, -0.05) is 17.7 Å². The van der Waals surface area contributed by atoms with Crippen molar-refractivity contribution in [3.63, 3.8) is 0 Å². The molecule has 0 bridgehead atoms. The number of nitrogens with zero attached hydrogens (tertiary/aromatic N) is 4. The van der Waals surface area contributed by atoms with Gasteiger partial charge in [0.25, 0.3) is 11.8 Å². The summed E-state index contributed by atoms with van der Waals surface area (Å²) in [6.45, 7) is 5.77. The Morgan fingerprint density at radius 3 is 2.56 bits per heavy atom. The van der Waals surface area contributed by atoms with Crippen LogP contribution in [-0.2, 0) is 9.53 Å². The first-order valence-electron chi connectivity index (χ1n) is 10.7. The highest BCUT2D eigenvalue weighted by molar-refractivity contribution is 6.36. The van der Waals surface area contributed by atoms with E-state index in [2.05, 4.69) is 10.3 Å². The fraction of sp³-hybridized carbons (Fsp3) is 0.348. The number of ether oxygens (including phenoxy) is 1. The van der Waals surface area contributed by atoms with E-state index in [1.165, 1.54) is 28.1 Å². The number of urea groups is 1. The Labute approximate surface area is 201 Å². The maximum absolute atomic E-state index is 13.2. The molecule has 1 aromatic heterocycles. The monoisotopic (exact) mass is 485 g/mol. The third kappa shape index (κ3) is 4.67. The lowest BCUT2D eigenvalue weighted by molar-refractivity contribution is -0.121. The normalized spacial score (nSPS) is 18.1. The van der Waals surface area contributed by atoms with E-state index in [9.17, 15) is 19.2 Å². The number of hydrogen-bond acceptors (Lipinski definition) is 6. The molecule has 2 saturated heterocycles. The van der Waals surface area contributed by atoms with E-state index >= 15 is 0 Å². The zero-order chi connectivity index (χ0) is 24.6. The number of carbonyl (C=O) groups is 4. The highest BCUT2D eigenvalue weighted by Gasteiger charge is 2.49. The summed E-state index contributed by atoms with van der Waals surface area (Å²) in [4.78, 5) is 58.8. The quantitative estimate of drug-likeness (QED) is 0.667. The number of amides is 5. The summed E-state index contributed by atoms with van der Waals surface area (Å²) < 4.78 is 5.39. The van der Waals surface area contributed by atoms with Gasteiger partial charge in [0, 0.05) is 25.0 Å². The van der Waals surface area contributed by atoms with Crippen LogP contribution in [0.25, 0.3) is 0 Å². The third-order valence-corrected chi connectivity index (χ3v) is 5.62. The van der Waals surface area contributed by atoms with E-state index in [1.54, 1.807) is 45.0 Å². The SMILES string of the molecule is CC(C)(C)OC(=O)N1CCN2C(=O)N(c3ccc(NC(=O)c4ccccn4)cc3Cl)C(=O)C2C1. The number of piperazine rings is 1. The van der Waals surface area contributed by atoms with Crippen molar-refractivity contribution in [1.82, 2.24) is 14.8 Å². The van der Waals surface area contributed by atoms with Gasteiger partial charge in [0.2, 0.25) is 0 Å². The Hall–Kier alpha value is -3.66. The van der Waals surface area contributed by atoms with Gasteiger partial charge in [0.1, 0.15) is 17.3 Å². The standard InChI is InChI=1S/C23H24ClN5O5/c1-23(2,3)34-22(33)27-10-11-28-18(13-27)20(31)29(21(28)32)17-8-7-14(12-15(17)24)26-19(30)16-6-4-5-9-25-16/h4-9,12,18H,10-11,13H2,1-3H3,(H,26,30). The highest BCUT2D eigenvalue weighted by Crippen LogP contribution is 2.34. The summed E-state index contributed by atoms with van der Waals surface area (Å²) in [5.74, 6) is -0.900. The van der Waals surface area contributed by atoms with Gasteiger partial charge in [-0.15, -0.1) is 0 Å². The van der Waals surface area contributed by atoms with Crippen LogP contribution >= 0.6 is 11.6 Å². The van der Waals surface area contributed by atoms with Gasteiger partial charge in [0.05, 0.1) is 17.3 Å². The van der Waals surface area contributed by atoms with Crippen molar-refractivity contribution >= 4 is 46.9 Å². The van der Waals surface area contributed by atoms with Crippen molar-refractivity contribution in [2.45, 2.75) is 32.4 Å². The Balaban J connectivity index is 1.49. The summed E-state index contributed by atoms with van der Waals surface area (Å²) in [7, 11) is 0. The highest BCUT2D eigenvalue weighted by atomic mass is 35.5. The molecule has 34 heavy (non-hydrogen) atoms. The average Bonchev–Trinajstić information content (AvgIpc) is 3.03. The fourth-order valence-electron chi connectivity index (χ4n) is 3.77. The summed E-state index contributed by atoms with van der Waals surface area (Å²) in [6, 6.07) is 8.14. The molecule has 2 aliphatic rings. The smallest absolute Gasteiger partial charge is 0.410 e. The number of carbonyl (C=O) groups excluding carboxylic acids is 4. The number of halogens is 1. The van der Waals surface area contributed by atoms with Crippen LogP contribution in [0.15, 0.2) is 42.6 Å². The van der Waals surface area contributed by atoms with Crippen LogP contribution in [0.5, 0.6) is 0 Å². The van der Waals surface area contributed by atoms with Crippen molar-refractivity contribution < 1.29 is 23.9 Å². The molecule has 1 atom stereocenters. The maximum Gasteiger partial charge on any atom is 0.410 e. The topological polar surface area (TPSA) is 112 Å². The van der Waals surface area contributed by atoms with Gasteiger partial charge >= 0.3 is 12.1 Å². The molecule has 178 valence electrons. The molecule has 1 N–H and O–H groups in total. The molecule has 5 amide bonds. The minimum atomic E-state index is -0.826. The molecule has 0 aliphatic carbocycles. The van der Waals surface area contributed by atoms with Crippen molar-refractivity contribution in [3.8, 4) is 0 Å². The van der Waals surface area contributed by atoms with E-state index in [0.29, 0.717) is 5.69 Å². The molecule has 11 heteroatoms. The van der Waals surface area contributed by atoms with Gasteiger partial charge < -0.3 is 19.9 Å². The predicted molar refractivity (Wildman–Crippen MR) is 125 cm³/mol. The lowest BCUT2D eigenvalue weighted by atomic mass is 10.2. The van der Waals surface area contributed by atoms with Crippen molar-refractivity contribution in [3.05, 3.63) is 53.3 Å². The number of rotatable bonds is 3. The molecule has 1 unspecified atom stereocenters. The Morgan fingerprint density at radius 2 is 1.91 bits per heavy atom. The van der Waals surface area contributed by atoms with E-state index in [0.717, 1.165) is 4.90 Å². The average molecular weight is 486 g/mol.